The molecule has 2 fully saturated rings. The van der Waals surface area contributed by atoms with Gasteiger partial charge in [0, 0.05) is 73.4 Å². The van der Waals surface area contributed by atoms with Crippen molar-refractivity contribution in [2.75, 3.05) is 44.2 Å². The molecule has 0 saturated carbocycles. The summed E-state index contributed by atoms with van der Waals surface area (Å²) in [5.41, 5.74) is 3.86. The molecule has 0 spiro atoms. The van der Waals surface area contributed by atoms with Gasteiger partial charge in [0.25, 0.3) is 0 Å². The van der Waals surface area contributed by atoms with Crippen molar-refractivity contribution in [3.8, 4) is 11.5 Å². The third kappa shape index (κ3) is 6.69. The fourth-order valence-electron chi connectivity index (χ4n) is 5.64. The van der Waals surface area contributed by atoms with E-state index in [0.29, 0.717) is 39.5 Å². The largest absolute Gasteiger partial charge is 0.508 e. The Balaban J connectivity index is 1.09. The van der Waals surface area contributed by atoms with Gasteiger partial charge in [-0.3, -0.25) is 9.80 Å². The molecule has 0 aliphatic carbocycles. The first-order valence-corrected chi connectivity index (χ1v) is 14.2. The second-order valence-corrected chi connectivity index (χ2v) is 11.2. The van der Waals surface area contributed by atoms with Crippen LogP contribution in [0.4, 0.5) is 10.2 Å². The maximum Gasteiger partial charge on any atom is 0.171 e. The van der Waals surface area contributed by atoms with Gasteiger partial charge in [0.05, 0.1) is 0 Å². The van der Waals surface area contributed by atoms with E-state index >= 15 is 0 Å². The minimum Gasteiger partial charge on any atom is -0.508 e. The van der Waals surface area contributed by atoms with Crippen molar-refractivity contribution in [1.82, 2.24) is 20.1 Å². The summed E-state index contributed by atoms with van der Waals surface area (Å²) in [7, 11) is 0. The molecule has 3 aromatic rings. The molecule has 3 heterocycles. The Morgan fingerprint density at radius 3 is 2.45 bits per heavy atom. The van der Waals surface area contributed by atoms with E-state index in [1.54, 1.807) is 30.5 Å². The maximum absolute atomic E-state index is 14.1. The highest BCUT2D eigenvalue weighted by molar-refractivity contribution is 6.30. The molecule has 2 saturated heterocycles. The number of benzene rings is 2. The lowest BCUT2D eigenvalue weighted by Crippen LogP contribution is -2.53. The zero-order chi connectivity index (χ0) is 28.2. The number of likely N-dealkylation sites (tertiary alicyclic amines) is 1. The average Bonchev–Trinajstić information content (AvgIpc) is 2.95. The SMILES string of the molecule is C=C(NCc1ccc(Cl)cc1F)c1cnc(N2CCN(C3CCN(Cc4ccc(O)c(C)c4)CC3)CC2)c(O)c1. The lowest BCUT2D eigenvalue weighted by Gasteiger charge is -2.43. The topological polar surface area (TPSA) is 75.1 Å². The zero-order valence-electron chi connectivity index (χ0n) is 22.9. The highest BCUT2D eigenvalue weighted by Crippen LogP contribution is 2.29. The lowest BCUT2D eigenvalue weighted by molar-refractivity contribution is 0.0996. The number of aromatic hydroxyl groups is 2. The molecule has 3 N–H and O–H groups in total. The van der Waals surface area contributed by atoms with Crippen LogP contribution in [0, 0.1) is 12.7 Å². The van der Waals surface area contributed by atoms with Crippen LogP contribution >= 0.6 is 11.6 Å². The number of rotatable bonds is 8. The van der Waals surface area contributed by atoms with E-state index in [1.807, 2.05) is 13.0 Å². The molecule has 0 unspecified atom stereocenters. The summed E-state index contributed by atoms with van der Waals surface area (Å²) in [5.74, 6) is 0.674. The number of phenols is 1. The number of anilines is 1. The predicted molar refractivity (Wildman–Crippen MR) is 158 cm³/mol. The molecule has 0 atom stereocenters. The van der Waals surface area contributed by atoms with Gasteiger partial charge in [0.1, 0.15) is 11.6 Å². The number of halogens is 2. The molecule has 5 rings (SSSR count). The van der Waals surface area contributed by atoms with E-state index in [2.05, 4.69) is 37.6 Å². The maximum atomic E-state index is 14.1. The number of aromatic nitrogens is 1. The first-order valence-electron chi connectivity index (χ1n) is 13.8. The normalized spacial score (nSPS) is 17.2. The van der Waals surface area contributed by atoms with Crippen LogP contribution in [0.1, 0.15) is 35.1 Å². The first kappa shape index (κ1) is 28.2. The monoisotopic (exact) mass is 565 g/mol. The molecule has 0 radical (unpaired) electrons. The van der Waals surface area contributed by atoms with Gasteiger partial charge in [0.2, 0.25) is 0 Å². The van der Waals surface area contributed by atoms with Crippen molar-refractivity contribution in [3.05, 3.63) is 88.3 Å². The van der Waals surface area contributed by atoms with E-state index < -0.39 is 0 Å². The van der Waals surface area contributed by atoms with Crippen LogP contribution < -0.4 is 10.2 Å². The van der Waals surface area contributed by atoms with Crippen molar-refractivity contribution in [2.45, 2.75) is 38.9 Å². The summed E-state index contributed by atoms with van der Waals surface area (Å²) in [6, 6.07) is 12.7. The van der Waals surface area contributed by atoms with Gasteiger partial charge in [-0.25, -0.2) is 9.37 Å². The molecular weight excluding hydrogens is 529 g/mol. The Kier molecular flexibility index (Phi) is 8.78. The zero-order valence-corrected chi connectivity index (χ0v) is 23.7. The van der Waals surface area contributed by atoms with Crippen LogP contribution in [0.3, 0.4) is 0 Å². The molecule has 9 heteroatoms. The van der Waals surface area contributed by atoms with Gasteiger partial charge in [-0.2, -0.15) is 0 Å². The van der Waals surface area contributed by atoms with Gasteiger partial charge in [-0.05, 0) is 68.2 Å². The number of piperazine rings is 1. The minimum atomic E-state index is -0.377. The molecule has 7 nitrogen and oxygen atoms in total. The van der Waals surface area contributed by atoms with Gasteiger partial charge in [0.15, 0.2) is 11.6 Å². The summed E-state index contributed by atoms with van der Waals surface area (Å²) >= 11 is 5.83. The standard InChI is InChI=1S/C31H37ClFN5O2/c1-21-15-23(3-6-29(21)39)20-36-9-7-27(8-10-36)37-11-13-38(14-12-37)31-30(40)16-25(19-35-31)22(2)34-18-24-4-5-26(32)17-28(24)33/h3-6,15-17,19,27,34,39-40H,2,7-14,18,20H2,1H3. The number of hydrogen-bond acceptors (Lipinski definition) is 7. The second kappa shape index (κ2) is 12.5. The molecule has 2 aliphatic heterocycles. The van der Waals surface area contributed by atoms with Crippen molar-refractivity contribution < 1.29 is 14.6 Å². The molecule has 0 amide bonds. The fraction of sp³-hybridized carbons (Fsp3) is 0.387. The summed E-state index contributed by atoms with van der Waals surface area (Å²) in [6.45, 7) is 12.8. The molecule has 2 aromatic carbocycles. The first-order chi connectivity index (χ1) is 19.3. The van der Waals surface area contributed by atoms with E-state index in [9.17, 15) is 14.6 Å². The highest BCUT2D eigenvalue weighted by Gasteiger charge is 2.28. The number of nitrogens with zero attached hydrogens (tertiary/aromatic N) is 4. The van der Waals surface area contributed by atoms with Gasteiger partial charge >= 0.3 is 0 Å². The van der Waals surface area contributed by atoms with E-state index in [-0.39, 0.29) is 18.1 Å². The van der Waals surface area contributed by atoms with Crippen LogP contribution in [0.15, 0.2) is 55.2 Å². The van der Waals surface area contributed by atoms with E-state index in [4.69, 9.17) is 11.6 Å². The molecular formula is C31H37ClFN5O2. The van der Waals surface area contributed by atoms with Gasteiger partial charge < -0.3 is 20.4 Å². The Morgan fingerprint density at radius 2 is 1.77 bits per heavy atom. The number of pyridine rings is 1. The Morgan fingerprint density at radius 1 is 1.02 bits per heavy atom. The fourth-order valence-corrected chi connectivity index (χ4v) is 5.80. The lowest BCUT2D eigenvalue weighted by atomic mass is 10.0. The molecule has 0 bridgehead atoms. The highest BCUT2D eigenvalue weighted by atomic mass is 35.5. The molecule has 40 heavy (non-hydrogen) atoms. The van der Waals surface area contributed by atoms with Gasteiger partial charge in [-0.1, -0.05) is 36.4 Å². The summed E-state index contributed by atoms with van der Waals surface area (Å²) in [5, 5.41) is 24.0. The van der Waals surface area contributed by atoms with Crippen molar-refractivity contribution in [1.29, 1.82) is 0 Å². The molecule has 1 aromatic heterocycles. The van der Waals surface area contributed by atoms with Crippen LogP contribution in [-0.4, -0.2) is 70.3 Å². The van der Waals surface area contributed by atoms with E-state index in [0.717, 1.165) is 64.2 Å². The summed E-state index contributed by atoms with van der Waals surface area (Å²) < 4.78 is 14.1. The Labute approximate surface area is 240 Å². The van der Waals surface area contributed by atoms with Crippen LogP contribution in [0.5, 0.6) is 11.5 Å². The van der Waals surface area contributed by atoms with Gasteiger partial charge in [-0.15, -0.1) is 0 Å². The smallest absolute Gasteiger partial charge is 0.171 e. The molecule has 2 aliphatic rings. The quantitative estimate of drug-likeness (QED) is 0.349. The third-order valence-corrected chi connectivity index (χ3v) is 8.29. The Bertz CT molecular complexity index is 1350. The second-order valence-electron chi connectivity index (χ2n) is 10.8. The number of aryl methyl sites for hydroxylation is 1. The summed E-state index contributed by atoms with van der Waals surface area (Å²) in [4.78, 5) is 11.8. The number of piperidine rings is 1. The minimum absolute atomic E-state index is 0.115. The van der Waals surface area contributed by atoms with Crippen molar-refractivity contribution in [3.63, 3.8) is 0 Å². The predicted octanol–water partition coefficient (Wildman–Crippen LogP) is 5.14. The molecule has 212 valence electrons. The van der Waals surface area contributed by atoms with Crippen molar-refractivity contribution >= 4 is 23.1 Å². The number of nitrogens with one attached hydrogen (secondary N) is 1. The van der Waals surface area contributed by atoms with E-state index in [1.165, 1.54) is 11.6 Å². The van der Waals surface area contributed by atoms with Crippen LogP contribution in [-0.2, 0) is 13.1 Å². The van der Waals surface area contributed by atoms with Crippen molar-refractivity contribution in [2.24, 2.45) is 0 Å². The summed E-state index contributed by atoms with van der Waals surface area (Å²) in [6.07, 6.45) is 3.98. The Hall–Kier alpha value is -3.33. The number of hydrogen-bond donors (Lipinski definition) is 3. The van der Waals surface area contributed by atoms with Crippen LogP contribution in [0.25, 0.3) is 5.70 Å². The number of phenolic OH excluding ortho intramolecular Hbond substituents is 1. The third-order valence-electron chi connectivity index (χ3n) is 8.06. The van der Waals surface area contributed by atoms with Crippen LogP contribution in [0.2, 0.25) is 5.02 Å². The average molecular weight is 566 g/mol.